The van der Waals surface area contributed by atoms with Crippen LogP contribution in [0.1, 0.15) is 43.7 Å². The third-order valence-electron chi connectivity index (χ3n) is 5.67. The van der Waals surface area contributed by atoms with Crippen LogP contribution in [0.5, 0.6) is 5.75 Å². The molecule has 0 amide bonds. The number of unbranched alkanes of at least 4 members (excludes halogenated alkanes) is 3. The van der Waals surface area contributed by atoms with Crippen molar-refractivity contribution >= 4 is 19.9 Å². The summed E-state index contributed by atoms with van der Waals surface area (Å²) in [5.74, 6) is 1.02. The van der Waals surface area contributed by atoms with Crippen LogP contribution in [0.3, 0.4) is 0 Å². The van der Waals surface area contributed by atoms with E-state index in [1.165, 1.54) is 56.2 Å². The van der Waals surface area contributed by atoms with E-state index < -0.39 is 9.24 Å². The van der Waals surface area contributed by atoms with E-state index in [1.807, 2.05) is 0 Å². The van der Waals surface area contributed by atoms with Crippen LogP contribution < -0.4 is 4.74 Å². The van der Waals surface area contributed by atoms with E-state index in [4.69, 9.17) is 15.4 Å². The topological polar surface area (TPSA) is 9.23 Å². The third-order valence-corrected chi connectivity index (χ3v) is 10.0. The number of rotatable bonds is 7. The fourth-order valence-electron chi connectivity index (χ4n) is 4.24. The van der Waals surface area contributed by atoms with Gasteiger partial charge in [0, 0.05) is 14.7 Å². The van der Waals surface area contributed by atoms with Crippen molar-refractivity contribution in [1.82, 2.24) is 0 Å². The van der Waals surface area contributed by atoms with Crippen molar-refractivity contribution in [2.45, 2.75) is 61.1 Å². The fourth-order valence-corrected chi connectivity index (χ4v) is 8.24. The highest BCUT2D eigenvalue weighted by molar-refractivity contribution is 8.51. The minimum atomic E-state index is -1.78. The molecule has 1 aliphatic rings. The van der Waals surface area contributed by atoms with Gasteiger partial charge < -0.3 is 4.74 Å². The van der Waals surface area contributed by atoms with Crippen molar-refractivity contribution in [1.29, 1.82) is 0 Å². The molecular formula is C26H29ClOS. The van der Waals surface area contributed by atoms with Crippen LogP contribution >= 0.6 is 19.9 Å². The van der Waals surface area contributed by atoms with Crippen LogP contribution in [-0.2, 0) is 0 Å². The van der Waals surface area contributed by atoms with Crippen LogP contribution in [0.2, 0.25) is 0 Å². The molecule has 0 N–H and O–H groups in total. The Bertz CT molecular complexity index is 958. The summed E-state index contributed by atoms with van der Waals surface area (Å²) < 4.78 is 6.17. The van der Waals surface area contributed by atoms with E-state index >= 15 is 0 Å². The fraction of sp³-hybridized carbons (Fsp3) is 0.308. The molecular weight excluding hydrogens is 396 g/mol. The highest BCUT2D eigenvalue weighted by atomic mass is 35.7. The molecule has 1 heterocycles. The third kappa shape index (κ3) is 3.58. The average molecular weight is 425 g/mol. The van der Waals surface area contributed by atoms with Gasteiger partial charge in [-0.15, -0.1) is 0 Å². The highest BCUT2D eigenvalue weighted by Gasteiger charge is 2.39. The summed E-state index contributed by atoms with van der Waals surface area (Å²) in [6.45, 7) is 7.30. The Labute approximate surface area is 180 Å². The quantitative estimate of drug-likeness (QED) is 0.344. The molecule has 3 aromatic carbocycles. The Morgan fingerprint density at radius 1 is 0.793 bits per heavy atom. The van der Waals surface area contributed by atoms with Gasteiger partial charge in [-0.2, -0.15) is 0 Å². The van der Waals surface area contributed by atoms with Gasteiger partial charge in [0.2, 0.25) is 0 Å². The second-order valence-electron chi connectivity index (χ2n) is 7.83. The van der Waals surface area contributed by atoms with Gasteiger partial charge in [-0.1, -0.05) is 82.5 Å². The Morgan fingerprint density at radius 2 is 1.34 bits per heavy atom. The molecule has 0 aromatic heterocycles. The number of aryl methyl sites for hydroxylation is 2. The van der Waals surface area contributed by atoms with Gasteiger partial charge in [0.25, 0.3) is 0 Å². The van der Waals surface area contributed by atoms with Crippen molar-refractivity contribution < 1.29 is 4.74 Å². The Kier molecular flexibility index (Phi) is 5.94. The number of ether oxygens (including phenoxy) is 1. The summed E-state index contributed by atoms with van der Waals surface area (Å²) in [6, 6.07) is 21.7. The first kappa shape index (κ1) is 20.4. The lowest BCUT2D eigenvalue weighted by Crippen LogP contribution is -2.02. The van der Waals surface area contributed by atoms with Crippen LogP contribution in [0.4, 0.5) is 0 Å². The second-order valence-corrected chi connectivity index (χ2v) is 11.6. The van der Waals surface area contributed by atoms with Gasteiger partial charge in [-0.05, 0) is 66.8 Å². The largest absolute Gasteiger partial charge is 0.493 e. The minimum Gasteiger partial charge on any atom is -0.493 e. The molecule has 3 aromatic rings. The lowest BCUT2D eigenvalue weighted by molar-refractivity contribution is 0.301. The van der Waals surface area contributed by atoms with E-state index in [0.717, 1.165) is 18.8 Å². The van der Waals surface area contributed by atoms with Crippen molar-refractivity contribution in [3.05, 3.63) is 71.8 Å². The summed E-state index contributed by atoms with van der Waals surface area (Å²) in [7, 11) is 5.78. The number of fused-ring (bicyclic) bond motifs is 3. The molecule has 1 nitrogen and oxygen atoms in total. The Hall–Kier alpha value is -1.90. The molecule has 0 atom stereocenters. The smallest absolute Gasteiger partial charge is 0.125 e. The van der Waals surface area contributed by atoms with Crippen molar-refractivity contribution in [3.8, 4) is 16.9 Å². The van der Waals surface area contributed by atoms with Crippen LogP contribution in [-0.4, -0.2) is 6.61 Å². The van der Waals surface area contributed by atoms with Crippen molar-refractivity contribution in [2.75, 3.05) is 6.61 Å². The molecule has 4 rings (SSSR count). The SMILES string of the molecule is CCCCCCOc1c(C)cc(S2(Cl)c3ccccc3-c3ccccc32)cc1C. The lowest BCUT2D eigenvalue weighted by atomic mass is 10.1. The molecule has 0 saturated heterocycles. The minimum absolute atomic E-state index is 0.783. The van der Waals surface area contributed by atoms with Gasteiger partial charge in [0.1, 0.15) is 5.75 Å². The number of halogens is 1. The summed E-state index contributed by atoms with van der Waals surface area (Å²) in [4.78, 5) is 3.69. The first-order chi connectivity index (χ1) is 14.1. The van der Waals surface area contributed by atoms with E-state index in [-0.39, 0.29) is 0 Å². The molecule has 152 valence electrons. The molecule has 0 unspecified atom stereocenters. The zero-order valence-electron chi connectivity index (χ0n) is 17.5. The van der Waals surface area contributed by atoms with E-state index in [0.29, 0.717) is 0 Å². The number of hydrogen-bond donors (Lipinski definition) is 0. The monoisotopic (exact) mass is 424 g/mol. The summed E-state index contributed by atoms with van der Waals surface area (Å²) >= 11 is 0. The molecule has 0 saturated carbocycles. The lowest BCUT2D eigenvalue weighted by Gasteiger charge is -2.32. The maximum Gasteiger partial charge on any atom is 0.125 e. The van der Waals surface area contributed by atoms with Crippen LogP contribution in [0.15, 0.2) is 75.4 Å². The number of hydrogen-bond acceptors (Lipinski definition) is 1. The summed E-state index contributed by atoms with van der Waals surface area (Å²) in [5, 5.41) is 0. The molecule has 29 heavy (non-hydrogen) atoms. The molecule has 3 heteroatoms. The Balaban J connectivity index is 1.72. The predicted octanol–water partition coefficient (Wildman–Crippen LogP) is 8.68. The molecule has 0 spiro atoms. The molecule has 1 aliphatic heterocycles. The van der Waals surface area contributed by atoms with Crippen LogP contribution in [0, 0.1) is 13.8 Å². The second kappa shape index (κ2) is 8.45. The van der Waals surface area contributed by atoms with Gasteiger partial charge >= 0.3 is 0 Å². The average Bonchev–Trinajstić information content (AvgIpc) is 3.00. The zero-order chi connectivity index (χ0) is 20.4. The first-order valence-electron chi connectivity index (χ1n) is 10.5. The highest BCUT2D eigenvalue weighted by Crippen LogP contribution is 2.79. The van der Waals surface area contributed by atoms with E-state index in [1.54, 1.807) is 0 Å². The van der Waals surface area contributed by atoms with E-state index in [2.05, 4.69) is 81.4 Å². The van der Waals surface area contributed by atoms with Gasteiger partial charge in [-0.3, -0.25) is 0 Å². The standard InChI is InChI=1S/C26H29ClOS/c1-4-5-6-11-16-28-26-19(2)17-21(18-20(26)3)29(27)24-14-9-7-12-22(24)23-13-8-10-15-25(23)29/h7-10,12-15,17-18H,4-6,11,16H2,1-3H3. The Morgan fingerprint density at radius 3 is 1.90 bits per heavy atom. The van der Waals surface area contributed by atoms with Crippen molar-refractivity contribution in [3.63, 3.8) is 0 Å². The van der Waals surface area contributed by atoms with Crippen molar-refractivity contribution in [2.24, 2.45) is 0 Å². The first-order valence-corrected chi connectivity index (χ1v) is 13.0. The predicted molar refractivity (Wildman–Crippen MR) is 126 cm³/mol. The maximum absolute atomic E-state index is 7.56. The van der Waals surface area contributed by atoms with Gasteiger partial charge in [0.05, 0.1) is 6.61 Å². The zero-order valence-corrected chi connectivity index (χ0v) is 19.1. The normalized spacial score (nSPS) is 14.9. The van der Waals surface area contributed by atoms with Crippen LogP contribution in [0.25, 0.3) is 11.1 Å². The molecule has 0 bridgehead atoms. The molecule has 0 fully saturated rings. The molecule has 0 radical (unpaired) electrons. The molecule has 0 aliphatic carbocycles. The summed E-state index contributed by atoms with van der Waals surface area (Å²) in [6.07, 6.45) is 4.86. The van der Waals surface area contributed by atoms with Gasteiger partial charge in [-0.25, -0.2) is 0 Å². The summed E-state index contributed by atoms with van der Waals surface area (Å²) in [5.41, 5.74) is 4.87. The van der Waals surface area contributed by atoms with E-state index in [9.17, 15) is 0 Å². The van der Waals surface area contributed by atoms with Gasteiger partial charge in [0.15, 0.2) is 0 Å². The number of benzene rings is 3. The maximum atomic E-state index is 7.56.